The summed E-state index contributed by atoms with van der Waals surface area (Å²) in [6.07, 6.45) is 2.14. The van der Waals surface area contributed by atoms with Crippen molar-refractivity contribution in [2.75, 3.05) is 19.7 Å². The highest BCUT2D eigenvalue weighted by molar-refractivity contribution is 6.30. The van der Waals surface area contributed by atoms with Crippen molar-refractivity contribution >= 4 is 23.4 Å². The molecule has 1 N–H and O–H groups in total. The first-order valence-electron chi connectivity index (χ1n) is 8.50. The second-order valence-corrected chi connectivity index (χ2v) is 6.45. The highest BCUT2D eigenvalue weighted by atomic mass is 35.5. The van der Waals surface area contributed by atoms with Crippen LogP contribution in [0.5, 0.6) is 5.75 Å². The number of carbonyl (C=O) groups is 2. The van der Waals surface area contributed by atoms with Crippen molar-refractivity contribution < 1.29 is 14.3 Å². The van der Waals surface area contributed by atoms with Crippen molar-refractivity contribution in [1.29, 1.82) is 0 Å². The molecule has 1 aromatic carbocycles. The molecule has 1 aromatic rings. The van der Waals surface area contributed by atoms with Crippen LogP contribution in [0.4, 0.5) is 0 Å². The van der Waals surface area contributed by atoms with E-state index in [9.17, 15) is 9.59 Å². The smallest absolute Gasteiger partial charge is 0.225 e. The van der Waals surface area contributed by atoms with Gasteiger partial charge in [-0.15, -0.1) is 0 Å². The van der Waals surface area contributed by atoms with Gasteiger partial charge in [-0.1, -0.05) is 31.5 Å². The Morgan fingerprint density at radius 2 is 2.17 bits per heavy atom. The molecule has 0 radical (unpaired) electrons. The van der Waals surface area contributed by atoms with Crippen molar-refractivity contribution in [2.24, 2.45) is 5.92 Å². The fourth-order valence-corrected chi connectivity index (χ4v) is 3.21. The van der Waals surface area contributed by atoms with Crippen LogP contribution in [0.15, 0.2) is 24.3 Å². The van der Waals surface area contributed by atoms with Crippen LogP contribution in [0.2, 0.25) is 5.02 Å². The van der Waals surface area contributed by atoms with E-state index >= 15 is 0 Å². The molecular formula is C18H25ClN2O3. The second kappa shape index (κ2) is 8.92. The van der Waals surface area contributed by atoms with Gasteiger partial charge in [0, 0.05) is 24.0 Å². The van der Waals surface area contributed by atoms with Crippen LogP contribution in [-0.4, -0.2) is 42.5 Å². The van der Waals surface area contributed by atoms with Crippen LogP contribution >= 0.6 is 11.6 Å². The number of likely N-dealkylation sites (tertiary alicyclic amines) is 1. The summed E-state index contributed by atoms with van der Waals surface area (Å²) in [5, 5.41) is 3.46. The molecule has 1 aliphatic heterocycles. The molecule has 1 unspecified atom stereocenters. The van der Waals surface area contributed by atoms with Crippen molar-refractivity contribution in [2.45, 2.75) is 39.2 Å². The van der Waals surface area contributed by atoms with Gasteiger partial charge >= 0.3 is 0 Å². The zero-order valence-corrected chi connectivity index (χ0v) is 15.0. The number of halogens is 1. The van der Waals surface area contributed by atoms with E-state index in [0.717, 1.165) is 12.8 Å². The van der Waals surface area contributed by atoms with E-state index in [1.54, 1.807) is 12.1 Å². The van der Waals surface area contributed by atoms with Gasteiger partial charge in [0.15, 0.2) is 0 Å². The van der Waals surface area contributed by atoms with Crippen molar-refractivity contribution in [3.05, 3.63) is 29.3 Å². The summed E-state index contributed by atoms with van der Waals surface area (Å²) in [6, 6.07) is 7.37. The average Bonchev–Trinajstić information content (AvgIpc) is 2.95. The van der Waals surface area contributed by atoms with Crippen LogP contribution in [0.1, 0.15) is 33.1 Å². The van der Waals surface area contributed by atoms with Crippen molar-refractivity contribution in [1.82, 2.24) is 10.2 Å². The number of nitrogens with zero attached hydrogens (tertiary/aromatic N) is 1. The molecule has 0 spiro atoms. The molecular weight excluding hydrogens is 328 g/mol. The molecule has 0 bridgehead atoms. The summed E-state index contributed by atoms with van der Waals surface area (Å²) in [7, 11) is 0. The minimum Gasteiger partial charge on any atom is -0.492 e. The van der Waals surface area contributed by atoms with Crippen molar-refractivity contribution in [3.63, 3.8) is 0 Å². The number of benzene rings is 1. The van der Waals surface area contributed by atoms with Crippen LogP contribution in [0.25, 0.3) is 0 Å². The van der Waals surface area contributed by atoms with Gasteiger partial charge in [0.25, 0.3) is 0 Å². The molecule has 0 aliphatic carbocycles. The van der Waals surface area contributed by atoms with Crippen LogP contribution in [0.3, 0.4) is 0 Å². The molecule has 2 amide bonds. The first kappa shape index (κ1) is 18.6. The summed E-state index contributed by atoms with van der Waals surface area (Å²) in [5.74, 6) is 0.419. The Balaban J connectivity index is 1.74. The van der Waals surface area contributed by atoms with Gasteiger partial charge in [0.05, 0.1) is 12.5 Å². The summed E-state index contributed by atoms with van der Waals surface area (Å²) in [6.45, 7) is 5.43. The third-order valence-corrected chi connectivity index (χ3v) is 4.61. The monoisotopic (exact) mass is 352 g/mol. The molecule has 24 heavy (non-hydrogen) atoms. The van der Waals surface area contributed by atoms with E-state index in [0.29, 0.717) is 36.9 Å². The number of amides is 2. The molecule has 0 saturated carbocycles. The SMILES string of the molecule is CCC(CC)N1CC(C(=O)NCCOc2cccc(Cl)c2)CC1=O. The molecule has 2 rings (SSSR count). The Morgan fingerprint density at radius 3 is 2.83 bits per heavy atom. The predicted molar refractivity (Wildman–Crippen MR) is 94.1 cm³/mol. The molecule has 1 aliphatic rings. The zero-order chi connectivity index (χ0) is 17.5. The number of rotatable bonds is 8. The molecule has 132 valence electrons. The highest BCUT2D eigenvalue weighted by Gasteiger charge is 2.36. The quantitative estimate of drug-likeness (QED) is 0.732. The molecule has 1 fully saturated rings. The molecule has 5 nitrogen and oxygen atoms in total. The number of hydrogen-bond donors (Lipinski definition) is 1. The van der Waals surface area contributed by atoms with E-state index in [4.69, 9.17) is 16.3 Å². The van der Waals surface area contributed by atoms with E-state index in [2.05, 4.69) is 19.2 Å². The lowest BCUT2D eigenvalue weighted by Gasteiger charge is -2.26. The van der Waals surface area contributed by atoms with Gasteiger partial charge in [-0.3, -0.25) is 9.59 Å². The molecule has 6 heteroatoms. The third-order valence-electron chi connectivity index (χ3n) is 4.38. The van der Waals surface area contributed by atoms with Gasteiger partial charge in [0.2, 0.25) is 11.8 Å². The number of ether oxygens (including phenoxy) is 1. The molecule has 1 saturated heterocycles. The maximum atomic E-state index is 12.2. The van der Waals surface area contributed by atoms with Crippen LogP contribution in [-0.2, 0) is 9.59 Å². The van der Waals surface area contributed by atoms with Gasteiger partial charge in [0.1, 0.15) is 12.4 Å². The topological polar surface area (TPSA) is 58.6 Å². The minimum absolute atomic E-state index is 0.0773. The molecule has 1 heterocycles. The number of carbonyl (C=O) groups excluding carboxylic acids is 2. The van der Waals surface area contributed by atoms with E-state index < -0.39 is 0 Å². The number of hydrogen-bond acceptors (Lipinski definition) is 3. The fraction of sp³-hybridized carbons (Fsp3) is 0.556. The average molecular weight is 353 g/mol. The molecule has 1 atom stereocenters. The normalized spacial score (nSPS) is 17.4. The summed E-state index contributed by atoms with van der Waals surface area (Å²) >= 11 is 5.88. The van der Waals surface area contributed by atoms with E-state index in [-0.39, 0.29) is 23.8 Å². The first-order chi connectivity index (χ1) is 11.5. The Kier molecular flexibility index (Phi) is 6.91. The lowest BCUT2D eigenvalue weighted by atomic mass is 10.1. The second-order valence-electron chi connectivity index (χ2n) is 6.01. The third kappa shape index (κ3) is 4.87. The largest absolute Gasteiger partial charge is 0.492 e. The van der Waals surface area contributed by atoms with E-state index in [1.165, 1.54) is 0 Å². The zero-order valence-electron chi connectivity index (χ0n) is 14.3. The standard InChI is InChI=1S/C18H25ClN2O3/c1-3-15(4-2)21-12-13(10-17(21)22)18(23)20-8-9-24-16-7-5-6-14(19)11-16/h5-7,11,13,15H,3-4,8-10,12H2,1-2H3,(H,20,23). The molecule has 0 aromatic heterocycles. The van der Waals surface area contributed by atoms with Gasteiger partial charge < -0.3 is 15.0 Å². The Hall–Kier alpha value is -1.75. The summed E-state index contributed by atoms with van der Waals surface area (Å²) in [4.78, 5) is 26.2. The fourth-order valence-electron chi connectivity index (χ4n) is 3.03. The van der Waals surface area contributed by atoms with Gasteiger partial charge in [-0.25, -0.2) is 0 Å². The summed E-state index contributed by atoms with van der Waals surface area (Å²) < 4.78 is 5.54. The predicted octanol–water partition coefficient (Wildman–Crippen LogP) is 2.87. The maximum Gasteiger partial charge on any atom is 0.225 e. The Labute approximate surface area is 148 Å². The number of nitrogens with one attached hydrogen (secondary N) is 1. The lowest BCUT2D eigenvalue weighted by molar-refractivity contribution is -0.130. The highest BCUT2D eigenvalue weighted by Crippen LogP contribution is 2.23. The van der Waals surface area contributed by atoms with Crippen molar-refractivity contribution in [3.8, 4) is 5.75 Å². The first-order valence-corrected chi connectivity index (χ1v) is 8.88. The van der Waals surface area contributed by atoms with E-state index in [1.807, 2.05) is 17.0 Å². The Bertz CT molecular complexity index is 575. The Morgan fingerprint density at radius 1 is 1.42 bits per heavy atom. The van der Waals surface area contributed by atoms with Gasteiger partial charge in [-0.05, 0) is 31.0 Å². The minimum atomic E-state index is -0.260. The lowest BCUT2D eigenvalue weighted by Crippen LogP contribution is -2.38. The maximum absolute atomic E-state index is 12.2. The van der Waals surface area contributed by atoms with Gasteiger partial charge in [-0.2, -0.15) is 0 Å². The van der Waals surface area contributed by atoms with Crippen LogP contribution in [0, 0.1) is 5.92 Å². The van der Waals surface area contributed by atoms with Crippen LogP contribution < -0.4 is 10.1 Å². The summed E-state index contributed by atoms with van der Waals surface area (Å²) in [5.41, 5.74) is 0.